The normalized spacial score (nSPS) is 14.3. The number of nitrogens with zero attached hydrogens (tertiary/aromatic N) is 4. The van der Waals surface area contributed by atoms with Crippen LogP contribution in [-0.2, 0) is 21.7 Å². The molecule has 0 unspecified atom stereocenters. The Morgan fingerprint density at radius 2 is 0.737 bits per heavy atom. The molecule has 2 aromatic heterocycles. The molecule has 99 heavy (non-hydrogen) atoms. The summed E-state index contributed by atoms with van der Waals surface area (Å²) in [7, 11) is 0. The highest BCUT2D eigenvalue weighted by atomic mass is 15.2. The van der Waals surface area contributed by atoms with E-state index in [1.54, 1.807) is 4.57 Å². The lowest BCUT2D eigenvalue weighted by molar-refractivity contribution is 0.569. The van der Waals surface area contributed by atoms with Crippen molar-refractivity contribution in [3.05, 3.63) is 307 Å². The van der Waals surface area contributed by atoms with E-state index >= 15 is 0 Å². The van der Waals surface area contributed by atoms with Crippen LogP contribution in [0.2, 0.25) is 0 Å². The molecular weight excluding hydrogens is 1200 g/mol. The summed E-state index contributed by atoms with van der Waals surface area (Å²) in [5.41, 5.74) is 24.3. The fourth-order valence-corrected chi connectivity index (χ4v) is 15.5. The van der Waals surface area contributed by atoms with Crippen LogP contribution >= 0.6 is 0 Å². The molecule has 482 valence electrons. The molecule has 0 amide bonds. The monoisotopic (exact) mass is 1290 g/mol. The van der Waals surface area contributed by atoms with Gasteiger partial charge in [0.1, 0.15) is 0 Å². The lowest BCUT2D eigenvalue weighted by atomic mass is 9.33. The van der Waals surface area contributed by atoms with Gasteiger partial charge in [-0.1, -0.05) is 283 Å². The van der Waals surface area contributed by atoms with Crippen LogP contribution < -0.4 is 26.2 Å². The van der Waals surface area contributed by atoms with Gasteiger partial charge in [-0.25, -0.2) is 0 Å². The second-order valence-electron chi connectivity index (χ2n) is 31.2. The van der Waals surface area contributed by atoms with Crippen molar-refractivity contribution in [1.82, 2.24) is 9.13 Å². The van der Waals surface area contributed by atoms with E-state index in [9.17, 15) is 8.22 Å². The Balaban J connectivity index is 1.09. The van der Waals surface area contributed by atoms with Gasteiger partial charge in [0.2, 0.25) is 0 Å². The van der Waals surface area contributed by atoms with Crippen LogP contribution in [0.5, 0.6) is 0 Å². The van der Waals surface area contributed by atoms with Crippen LogP contribution in [-0.4, -0.2) is 15.8 Å². The van der Waals surface area contributed by atoms with Gasteiger partial charge in [0.05, 0.1) is 44.4 Å². The van der Waals surface area contributed by atoms with E-state index in [-0.39, 0.29) is 62.2 Å². The molecule has 2 aliphatic rings. The topological polar surface area (TPSA) is 16.3 Å². The first-order valence-electron chi connectivity index (χ1n) is 38.7. The predicted molar refractivity (Wildman–Crippen MR) is 426 cm³/mol. The summed E-state index contributed by atoms with van der Waals surface area (Å²) >= 11 is 0. The first-order chi connectivity index (χ1) is 51.0. The van der Waals surface area contributed by atoms with Gasteiger partial charge in [0.25, 0.3) is 6.71 Å². The molecule has 0 saturated heterocycles. The van der Waals surface area contributed by atoms with E-state index in [4.69, 9.17) is 2.74 Å². The molecule has 2 aliphatic heterocycles. The Kier molecular flexibility index (Phi) is 12.3. The molecule has 15 aromatic rings. The Bertz CT molecular complexity index is 6040. The minimum atomic E-state index is -0.493. The summed E-state index contributed by atoms with van der Waals surface area (Å²) in [6, 6.07) is 83.1. The zero-order valence-corrected chi connectivity index (χ0v) is 58.4. The zero-order valence-electron chi connectivity index (χ0n) is 66.4. The Morgan fingerprint density at radius 3 is 1.30 bits per heavy atom. The number of hydrogen-bond donors (Lipinski definition) is 0. The molecule has 4 nitrogen and oxygen atoms in total. The van der Waals surface area contributed by atoms with Gasteiger partial charge in [-0.05, 0) is 179 Å². The summed E-state index contributed by atoms with van der Waals surface area (Å²) in [6.45, 7) is 27.0. The highest BCUT2D eigenvalue weighted by Crippen LogP contribution is 2.55. The third-order valence-electron chi connectivity index (χ3n) is 20.7. The van der Waals surface area contributed by atoms with Crippen molar-refractivity contribution in [3.8, 4) is 55.9 Å². The quantitative estimate of drug-likeness (QED) is 0.141. The molecule has 0 fully saturated rings. The lowest BCUT2D eigenvalue weighted by Crippen LogP contribution is -2.61. The molecule has 0 aliphatic carbocycles. The van der Waals surface area contributed by atoms with Gasteiger partial charge in [-0.15, -0.1) is 0 Å². The van der Waals surface area contributed by atoms with Gasteiger partial charge in [0, 0.05) is 66.8 Å². The first kappa shape index (κ1) is 53.2. The van der Waals surface area contributed by atoms with Crippen molar-refractivity contribution in [3.63, 3.8) is 0 Å². The Hall–Kier alpha value is -10.9. The minimum absolute atomic E-state index is 0.0185. The standard InChI is InChI=1S/C94H83BN4/c1-91(2,3)66-49-64(50-67(54-66)92(4,5)6)63-45-47-77-82(51-63)98(85-53-65(60-31-17-13-18-32-60)52-84-88(85)74-41-27-30-44-81(74)96(84)70-37-23-16-24-38-70)86-57-69(94(10,11)12)58-87-89(86)95(77)78-48-46-71(97-79-42-28-25-39-72(79)73-40-26-29-43-80(73)97)59-83(78)99(87)90-75(61-33-19-14-20-34-61)55-68(93(7,8)9)56-76(90)62-35-21-15-22-36-62/h13-59H,1-12H3/i25D,26D,28D,29D,39D,40D,42D,43D. The number of aromatic nitrogens is 2. The largest absolute Gasteiger partial charge is 0.311 e. The average Bonchev–Trinajstić information content (AvgIpc) is 1.51. The maximum atomic E-state index is 9.84. The van der Waals surface area contributed by atoms with E-state index in [0.29, 0.717) is 5.69 Å². The fourth-order valence-electron chi connectivity index (χ4n) is 15.5. The van der Waals surface area contributed by atoms with Gasteiger partial charge < -0.3 is 18.9 Å². The smallest absolute Gasteiger partial charge is 0.252 e. The molecule has 13 aromatic carbocycles. The number of benzene rings is 13. The van der Waals surface area contributed by atoms with Crippen molar-refractivity contribution in [1.29, 1.82) is 0 Å². The van der Waals surface area contributed by atoms with Gasteiger partial charge in [0.15, 0.2) is 0 Å². The van der Waals surface area contributed by atoms with Crippen molar-refractivity contribution < 1.29 is 11.0 Å². The number of anilines is 6. The van der Waals surface area contributed by atoms with E-state index < -0.39 is 36.3 Å². The van der Waals surface area contributed by atoms with Gasteiger partial charge in [-0.2, -0.15) is 0 Å². The molecule has 0 saturated carbocycles. The highest BCUT2D eigenvalue weighted by Gasteiger charge is 2.46. The maximum Gasteiger partial charge on any atom is 0.252 e. The van der Waals surface area contributed by atoms with Crippen molar-refractivity contribution in [2.75, 3.05) is 9.80 Å². The summed E-state index contributed by atoms with van der Waals surface area (Å²) < 4.78 is 79.6. The fraction of sp³-hybridized carbons (Fsp3) is 0.170. The third-order valence-corrected chi connectivity index (χ3v) is 20.7. The summed E-state index contributed by atoms with van der Waals surface area (Å²) in [6.07, 6.45) is 0. The van der Waals surface area contributed by atoms with Crippen molar-refractivity contribution >= 4 is 101 Å². The minimum Gasteiger partial charge on any atom is -0.311 e. The second kappa shape index (κ2) is 22.9. The number of hydrogen-bond acceptors (Lipinski definition) is 2. The summed E-state index contributed by atoms with van der Waals surface area (Å²) in [5, 5.41) is 2.23. The molecule has 0 radical (unpaired) electrons. The van der Waals surface area contributed by atoms with E-state index in [2.05, 4.69) is 328 Å². The van der Waals surface area contributed by atoms with Crippen LogP contribution in [0.15, 0.2) is 285 Å². The van der Waals surface area contributed by atoms with Crippen LogP contribution in [0, 0.1) is 0 Å². The summed E-state index contributed by atoms with van der Waals surface area (Å²) in [5.74, 6) is 0. The van der Waals surface area contributed by atoms with Crippen molar-refractivity contribution in [2.24, 2.45) is 0 Å². The average molecular weight is 1290 g/mol. The number of para-hydroxylation sites is 4. The second-order valence-corrected chi connectivity index (χ2v) is 31.2. The SMILES string of the molecule is [2H]c1c([2H])c([2H])c2c(c1[2H])c1c([2H])c([2H])c([2H])c([2H])c1n2-c1ccc2c(c1)N(c1c(-c3ccccc3)cc(C(C)(C)C)cc1-c1ccccc1)c1cc(C(C)(C)C)cc3c1B2c1ccc(-c2cc(C(C)(C)C)cc(C(C)(C)C)c2)cc1N3c1cc(-c2ccccc2)cc2c1c1ccccc1n2-c1ccccc1. The molecule has 4 heterocycles. The van der Waals surface area contributed by atoms with Gasteiger partial charge in [-0.3, -0.25) is 0 Å². The number of rotatable bonds is 8. The van der Waals surface area contributed by atoms with E-state index in [1.807, 2.05) is 6.07 Å². The zero-order chi connectivity index (χ0) is 75.0. The summed E-state index contributed by atoms with van der Waals surface area (Å²) in [4.78, 5) is 5.08. The molecule has 0 bridgehead atoms. The van der Waals surface area contributed by atoms with Crippen LogP contribution in [0.25, 0.3) is 99.5 Å². The van der Waals surface area contributed by atoms with Crippen LogP contribution in [0.4, 0.5) is 34.1 Å². The van der Waals surface area contributed by atoms with E-state index in [0.717, 1.165) is 134 Å². The number of fused-ring (bicyclic) bond motifs is 10. The van der Waals surface area contributed by atoms with Crippen LogP contribution in [0.1, 0.15) is 116 Å². The van der Waals surface area contributed by atoms with E-state index in [1.165, 1.54) is 11.1 Å². The molecule has 0 N–H and O–H groups in total. The van der Waals surface area contributed by atoms with Crippen LogP contribution in [0.3, 0.4) is 0 Å². The molecule has 17 rings (SSSR count). The predicted octanol–water partition coefficient (Wildman–Crippen LogP) is 23.8. The Morgan fingerprint density at radius 1 is 0.293 bits per heavy atom. The third kappa shape index (κ3) is 10.3. The molecule has 0 atom stereocenters. The molecule has 5 heteroatoms. The maximum absolute atomic E-state index is 9.84. The molecular formula is C94H83BN4. The first-order valence-corrected chi connectivity index (χ1v) is 34.7. The van der Waals surface area contributed by atoms with Crippen molar-refractivity contribution in [2.45, 2.75) is 105 Å². The Labute approximate surface area is 595 Å². The van der Waals surface area contributed by atoms with Gasteiger partial charge >= 0.3 is 0 Å². The lowest BCUT2D eigenvalue weighted by Gasteiger charge is -2.46. The highest BCUT2D eigenvalue weighted by molar-refractivity contribution is 7.00. The molecule has 0 spiro atoms.